The Morgan fingerprint density at radius 2 is 1.76 bits per heavy atom. The highest BCUT2D eigenvalue weighted by Gasteiger charge is 2.53. The van der Waals surface area contributed by atoms with E-state index in [0.717, 1.165) is 31.0 Å². The van der Waals surface area contributed by atoms with Gasteiger partial charge < -0.3 is 15.1 Å². The van der Waals surface area contributed by atoms with Crippen LogP contribution < -0.4 is 5.32 Å². The van der Waals surface area contributed by atoms with Crippen LogP contribution in [0.25, 0.3) is 0 Å². The summed E-state index contributed by atoms with van der Waals surface area (Å²) in [6, 6.07) is 7.79. The van der Waals surface area contributed by atoms with Gasteiger partial charge in [0, 0.05) is 33.1 Å². The molecule has 8 nitrogen and oxygen atoms in total. The van der Waals surface area contributed by atoms with Gasteiger partial charge >= 0.3 is 0 Å². The fourth-order valence-corrected chi connectivity index (χ4v) is 6.81. The summed E-state index contributed by atoms with van der Waals surface area (Å²) in [6.45, 7) is 11.3. The van der Waals surface area contributed by atoms with Gasteiger partial charge in [-0.1, -0.05) is 41.1 Å². The number of carbonyl (C=O) groups excluding carboxylic acids is 2. The number of amides is 2. The van der Waals surface area contributed by atoms with Crippen LogP contribution in [-0.2, 0) is 18.3 Å². The number of piperazine rings is 1. The monoisotopic (exact) mass is 478 g/mol. The first-order valence-electron chi connectivity index (χ1n) is 12.2. The van der Waals surface area contributed by atoms with E-state index in [1.165, 1.54) is 24.8 Å². The summed E-state index contributed by atoms with van der Waals surface area (Å²) in [6.07, 6.45) is 4.79. The van der Waals surface area contributed by atoms with E-state index >= 15 is 0 Å². The number of hydrogen-bond donors (Lipinski definition) is 1. The molecule has 1 N–H and O–H groups in total. The van der Waals surface area contributed by atoms with Crippen molar-refractivity contribution in [1.29, 1.82) is 0 Å². The van der Waals surface area contributed by atoms with Gasteiger partial charge in [0.1, 0.15) is 6.04 Å². The molecule has 184 valence electrons. The minimum atomic E-state index is -2.12. The van der Waals surface area contributed by atoms with Gasteiger partial charge in [0.15, 0.2) is 0 Å². The van der Waals surface area contributed by atoms with Crippen molar-refractivity contribution in [2.24, 2.45) is 0 Å². The largest absolute Gasteiger partial charge is 0.355 e. The molecule has 0 radical (unpaired) electrons. The van der Waals surface area contributed by atoms with Crippen molar-refractivity contribution in [1.82, 2.24) is 19.4 Å². The zero-order chi connectivity index (χ0) is 23.4. The fraction of sp³-hybridized carbons (Fsp3) is 0.667. The summed E-state index contributed by atoms with van der Waals surface area (Å²) in [4.78, 5) is 30.5. The van der Waals surface area contributed by atoms with Crippen LogP contribution in [0.3, 0.4) is 0 Å². The molecule has 4 rings (SSSR count). The van der Waals surface area contributed by atoms with Crippen molar-refractivity contribution >= 4 is 22.6 Å². The Labute approximate surface area is 199 Å². The maximum absolute atomic E-state index is 13.3. The fourth-order valence-electron chi connectivity index (χ4n) is 4.71. The number of carbonyl (C=O) groups is 2. The van der Waals surface area contributed by atoms with Crippen LogP contribution in [0.1, 0.15) is 57.9 Å². The summed E-state index contributed by atoms with van der Waals surface area (Å²) < 4.78 is 13.3. The number of piperidine rings is 1. The van der Waals surface area contributed by atoms with Gasteiger partial charge in [-0.15, -0.1) is 0 Å². The minimum Gasteiger partial charge on any atom is -0.355 e. The van der Waals surface area contributed by atoms with E-state index in [0.29, 0.717) is 32.1 Å². The van der Waals surface area contributed by atoms with Gasteiger partial charge in [-0.05, 0) is 73.3 Å². The molecule has 0 spiro atoms. The first kappa shape index (κ1) is 24.5. The molecule has 1 aromatic carbocycles. The Morgan fingerprint density at radius 3 is 2.36 bits per heavy atom. The molecule has 0 aromatic heterocycles. The van der Waals surface area contributed by atoms with Gasteiger partial charge in [-0.3, -0.25) is 9.59 Å². The molecule has 3 fully saturated rings. The van der Waals surface area contributed by atoms with Crippen LogP contribution in [0.5, 0.6) is 0 Å². The van der Waals surface area contributed by atoms with Gasteiger partial charge in [0.05, 0.1) is 4.90 Å². The molecule has 0 saturated carbocycles. The summed E-state index contributed by atoms with van der Waals surface area (Å²) in [5.41, 5.74) is 1.25. The SMILES string of the molecule is CC(=O)N1CCN(S2(c3ccc(C(C)C)cc3)OO2)[C@@H](C(=O)NCCCN2CCCCC2)C1. The molecular weight excluding hydrogens is 440 g/mol. The zero-order valence-electron chi connectivity index (χ0n) is 20.1. The first-order chi connectivity index (χ1) is 15.9. The van der Waals surface area contributed by atoms with Crippen LogP contribution in [0.4, 0.5) is 0 Å². The molecule has 33 heavy (non-hydrogen) atoms. The molecule has 1 atom stereocenters. The average Bonchev–Trinajstić information content (AvgIpc) is 3.64. The van der Waals surface area contributed by atoms with E-state index in [-0.39, 0.29) is 11.8 Å². The van der Waals surface area contributed by atoms with E-state index in [1.807, 2.05) is 16.4 Å². The topological polar surface area (TPSA) is 81.0 Å². The third-order valence-corrected chi connectivity index (χ3v) is 9.14. The summed E-state index contributed by atoms with van der Waals surface area (Å²) >= 11 is 0. The molecule has 0 unspecified atom stereocenters. The van der Waals surface area contributed by atoms with Crippen LogP contribution in [0.15, 0.2) is 29.2 Å². The van der Waals surface area contributed by atoms with E-state index in [9.17, 15) is 9.59 Å². The van der Waals surface area contributed by atoms with Crippen LogP contribution in [-0.4, -0.2) is 77.8 Å². The Bertz CT molecular complexity index is 824. The zero-order valence-corrected chi connectivity index (χ0v) is 20.9. The number of hydrogen-bond acceptors (Lipinski definition) is 6. The van der Waals surface area contributed by atoms with Crippen molar-refractivity contribution in [2.75, 3.05) is 45.8 Å². The Balaban J connectivity index is 1.42. The van der Waals surface area contributed by atoms with Crippen molar-refractivity contribution in [2.45, 2.75) is 63.3 Å². The number of benzene rings is 1. The standard InChI is InChI=1S/C24H38N4O4S/c1-19(2)21-8-10-22(11-9-21)33(31-32-33)28-17-16-27(20(3)29)18-23(28)24(30)25-12-7-15-26-13-5-4-6-14-26/h8-11,19,23H,4-7,12-18H2,1-3H3,(H,25,30)/t23-/m1/s1. The van der Waals surface area contributed by atoms with Crippen molar-refractivity contribution in [3.05, 3.63) is 29.8 Å². The van der Waals surface area contributed by atoms with E-state index in [1.54, 1.807) is 11.8 Å². The molecular formula is C24H38N4O4S. The summed E-state index contributed by atoms with van der Waals surface area (Å²) in [5, 5.41) is 3.11. The maximum Gasteiger partial charge on any atom is 0.240 e. The second-order valence-electron chi connectivity index (χ2n) is 9.50. The smallest absolute Gasteiger partial charge is 0.240 e. The van der Waals surface area contributed by atoms with Gasteiger partial charge in [-0.25, -0.2) is 0 Å². The van der Waals surface area contributed by atoms with E-state index in [2.05, 4.69) is 36.2 Å². The highest BCUT2D eigenvalue weighted by Crippen LogP contribution is 2.74. The minimum absolute atomic E-state index is 0.0134. The lowest BCUT2D eigenvalue weighted by atomic mass is 10.0. The molecule has 2 amide bonds. The molecule has 3 aliphatic heterocycles. The second-order valence-corrected chi connectivity index (χ2v) is 11.7. The van der Waals surface area contributed by atoms with Crippen LogP contribution in [0.2, 0.25) is 0 Å². The summed E-state index contributed by atoms with van der Waals surface area (Å²) in [5.74, 6) is 0.360. The lowest BCUT2D eigenvalue weighted by Gasteiger charge is -2.43. The van der Waals surface area contributed by atoms with E-state index in [4.69, 9.17) is 8.67 Å². The number of nitrogens with zero attached hydrogens (tertiary/aromatic N) is 3. The van der Waals surface area contributed by atoms with Gasteiger partial charge in [-0.2, -0.15) is 4.31 Å². The number of likely N-dealkylation sites (tertiary alicyclic amines) is 1. The predicted octanol–water partition coefficient (Wildman–Crippen LogP) is 3.21. The molecule has 3 aliphatic rings. The van der Waals surface area contributed by atoms with Gasteiger partial charge in [0.25, 0.3) is 0 Å². The normalized spacial score (nSPS) is 24.5. The lowest BCUT2D eigenvalue weighted by Crippen LogP contribution is -2.59. The van der Waals surface area contributed by atoms with Crippen molar-refractivity contribution in [3.8, 4) is 0 Å². The Hall–Kier alpha value is -1.65. The third-order valence-electron chi connectivity index (χ3n) is 6.83. The van der Waals surface area contributed by atoms with E-state index < -0.39 is 16.8 Å². The number of rotatable bonds is 8. The molecule has 3 heterocycles. The van der Waals surface area contributed by atoms with Crippen molar-refractivity contribution < 1.29 is 18.3 Å². The molecule has 0 aliphatic carbocycles. The van der Waals surface area contributed by atoms with Crippen molar-refractivity contribution in [3.63, 3.8) is 0 Å². The highest BCUT2D eigenvalue weighted by atomic mass is 32.3. The Kier molecular flexibility index (Phi) is 7.96. The lowest BCUT2D eigenvalue weighted by molar-refractivity contribution is -0.134. The van der Waals surface area contributed by atoms with Crippen LogP contribution in [0, 0.1) is 0 Å². The molecule has 1 aromatic rings. The molecule has 3 saturated heterocycles. The average molecular weight is 479 g/mol. The molecule has 9 heteroatoms. The quantitative estimate of drug-likeness (QED) is 0.351. The predicted molar refractivity (Wildman–Crippen MR) is 129 cm³/mol. The highest BCUT2D eigenvalue weighted by molar-refractivity contribution is 8.27. The maximum atomic E-state index is 13.3. The first-order valence-corrected chi connectivity index (χ1v) is 13.7. The molecule has 0 bridgehead atoms. The van der Waals surface area contributed by atoms with Crippen LogP contribution >= 0.6 is 10.8 Å². The second kappa shape index (κ2) is 10.7. The van der Waals surface area contributed by atoms with Gasteiger partial charge in [0.2, 0.25) is 11.8 Å². The third kappa shape index (κ3) is 5.71. The number of nitrogens with one attached hydrogen (secondary N) is 1. The Morgan fingerprint density at radius 1 is 1.06 bits per heavy atom. The summed E-state index contributed by atoms with van der Waals surface area (Å²) in [7, 11) is -2.12.